The van der Waals surface area contributed by atoms with Crippen molar-refractivity contribution in [3.8, 4) is 0 Å². The van der Waals surface area contributed by atoms with Crippen LogP contribution in [0.25, 0.3) is 0 Å². The minimum atomic E-state index is 0.413. The number of hydrogen-bond acceptors (Lipinski definition) is 3. The monoisotopic (exact) mass is 184 g/mol. The Balaban J connectivity index is 2.25. The van der Waals surface area contributed by atoms with Crippen molar-refractivity contribution in [2.75, 3.05) is 6.54 Å². The van der Waals surface area contributed by atoms with Crippen molar-refractivity contribution < 1.29 is 0 Å². The third-order valence-corrected chi connectivity index (χ3v) is 2.76. The van der Waals surface area contributed by atoms with Gasteiger partial charge < -0.3 is 5.32 Å². The smallest absolute Gasteiger partial charge is 0.109 e. The first kappa shape index (κ1) is 9.68. The average Bonchev–Trinajstić information content (AvgIpc) is 2.56. The van der Waals surface area contributed by atoms with Crippen LogP contribution in [0.4, 0.5) is 0 Å². The lowest BCUT2D eigenvalue weighted by atomic mass is 10.3. The molecule has 68 valence electrons. The van der Waals surface area contributed by atoms with E-state index in [0.717, 1.165) is 6.54 Å². The quantitative estimate of drug-likeness (QED) is 0.711. The number of nitrogens with one attached hydrogen (secondary N) is 1. The molecule has 0 aliphatic rings. The number of hydrogen-bond donors (Lipinski definition) is 1. The van der Waals surface area contributed by atoms with E-state index >= 15 is 0 Å². The number of thiazole rings is 1. The summed E-state index contributed by atoms with van der Waals surface area (Å²) < 4.78 is 0. The van der Waals surface area contributed by atoms with Crippen molar-refractivity contribution >= 4 is 11.3 Å². The van der Waals surface area contributed by atoms with E-state index in [4.69, 9.17) is 0 Å². The van der Waals surface area contributed by atoms with E-state index in [1.54, 1.807) is 11.3 Å². The third kappa shape index (κ3) is 2.91. The highest BCUT2D eigenvalue weighted by molar-refractivity contribution is 7.09. The third-order valence-electron chi connectivity index (χ3n) is 1.80. The first-order valence-corrected chi connectivity index (χ1v) is 5.35. The molecule has 12 heavy (non-hydrogen) atoms. The summed E-state index contributed by atoms with van der Waals surface area (Å²) in [6.07, 6.45) is 4.35. The molecule has 1 rings (SSSR count). The molecular weight excluding hydrogens is 168 g/mol. The highest BCUT2D eigenvalue weighted by atomic mass is 32.1. The normalized spacial score (nSPS) is 13.2. The fourth-order valence-electron chi connectivity index (χ4n) is 1.03. The molecular formula is C9H16N2S. The molecule has 3 heteroatoms. The maximum Gasteiger partial charge on any atom is 0.109 e. The highest BCUT2D eigenvalue weighted by Crippen LogP contribution is 2.14. The predicted octanol–water partition coefficient (Wildman–Crippen LogP) is 2.59. The summed E-state index contributed by atoms with van der Waals surface area (Å²) in [5.41, 5.74) is 0. The van der Waals surface area contributed by atoms with Crippen LogP contribution in [0.3, 0.4) is 0 Å². The van der Waals surface area contributed by atoms with Crippen LogP contribution in [0, 0.1) is 0 Å². The summed E-state index contributed by atoms with van der Waals surface area (Å²) >= 11 is 1.72. The first-order valence-electron chi connectivity index (χ1n) is 4.47. The van der Waals surface area contributed by atoms with Gasteiger partial charge in [-0.1, -0.05) is 13.3 Å². The molecule has 0 aromatic carbocycles. The van der Waals surface area contributed by atoms with E-state index in [-0.39, 0.29) is 0 Å². The van der Waals surface area contributed by atoms with E-state index in [0.29, 0.717) is 6.04 Å². The molecule has 0 aliphatic heterocycles. The fraction of sp³-hybridized carbons (Fsp3) is 0.667. The lowest BCUT2D eigenvalue weighted by molar-refractivity contribution is 0.552. The lowest BCUT2D eigenvalue weighted by Gasteiger charge is -2.09. The van der Waals surface area contributed by atoms with E-state index in [1.807, 2.05) is 11.6 Å². The summed E-state index contributed by atoms with van der Waals surface area (Å²) in [6, 6.07) is 0.413. The van der Waals surface area contributed by atoms with Gasteiger partial charge in [0.1, 0.15) is 5.01 Å². The van der Waals surface area contributed by atoms with Gasteiger partial charge >= 0.3 is 0 Å². The molecule has 1 aromatic rings. The molecule has 0 radical (unpaired) electrons. The van der Waals surface area contributed by atoms with Crippen molar-refractivity contribution in [2.24, 2.45) is 0 Å². The Morgan fingerprint density at radius 3 is 3.08 bits per heavy atom. The van der Waals surface area contributed by atoms with Gasteiger partial charge in [-0.2, -0.15) is 0 Å². The van der Waals surface area contributed by atoms with Crippen LogP contribution in [0.1, 0.15) is 37.7 Å². The van der Waals surface area contributed by atoms with Crippen molar-refractivity contribution in [2.45, 2.75) is 32.7 Å². The maximum absolute atomic E-state index is 4.25. The summed E-state index contributed by atoms with van der Waals surface area (Å²) in [6.45, 7) is 5.46. The second-order valence-electron chi connectivity index (χ2n) is 2.90. The van der Waals surface area contributed by atoms with Crippen LogP contribution in [0.5, 0.6) is 0 Å². The summed E-state index contributed by atoms with van der Waals surface area (Å²) in [4.78, 5) is 4.25. The Morgan fingerprint density at radius 1 is 1.67 bits per heavy atom. The van der Waals surface area contributed by atoms with Crippen molar-refractivity contribution in [1.82, 2.24) is 10.3 Å². The lowest BCUT2D eigenvalue weighted by Crippen LogP contribution is -2.19. The molecule has 0 bridgehead atoms. The van der Waals surface area contributed by atoms with Crippen LogP contribution >= 0.6 is 11.3 Å². The van der Waals surface area contributed by atoms with Gasteiger partial charge in [0.05, 0.1) is 6.04 Å². The van der Waals surface area contributed by atoms with Crippen LogP contribution in [0.2, 0.25) is 0 Å². The number of unbranched alkanes of at least 4 members (excludes halogenated alkanes) is 1. The van der Waals surface area contributed by atoms with Crippen LogP contribution < -0.4 is 5.32 Å². The fourth-order valence-corrected chi connectivity index (χ4v) is 1.70. The topological polar surface area (TPSA) is 24.9 Å². The standard InChI is InChI=1S/C9H16N2S/c1-3-4-5-10-8(2)9-11-6-7-12-9/h6-8,10H,3-5H2,1-2H3/t8-/m1/s1. The van der Waals surface area contributed by atoms with Gasteiger partial charge in [0.25, 0.3) is 0 Å². The molecule has 0 aliphatic carbocycles. The van der Waals surface area contributed by atoms with Crippen LogP contribution in [0.15, 0.2) is 11.6 Å². The second-order valence-corrected chi connectivity index (χ2v) is 3.83. The summed E-state index contributed by atoms with van der Waals surface area (Å²) in [5, 5.41) is 6.64. The van der Waals surface area contributed by atoms with Crippen molar-refractivity contribution in [3.63, 3.8) is 0 Å². The Bertz CT molecular complexity index is 196. The van der Waals surface area contributed by atoms with Gasteiger partial charge in [-0.25, -0.2) is 4.98 Å². The second kappa shape index (κ2) is 5.27. The zero-order chi connectivity index (χ0) is 8.81. The van der Waals surface area contributed by atoms with Gasteiger partial charge in [0.15, 0.2) is 0 Å². The molecule has 0 fully saturated rings. The Labute approximate surface area is 78.0 Å². The van der Waals surface area contributed by atoms with Gasteiger partial charge in [0.2, 0.25) is 0 Å². The van der Waals surface area contributed by atoms with Crippen LogP contribution in [-0.4, -0.2) is 11.5 Å². The van der Waals surface area contributed by atoms with Crippen molar-refractivity contribution in [1.29, 1.82) is 0 Å². The molecule has 1 atom stereocenters. The van der Waals surface area contributed by atoms with Gasteiger partial charge in [-0.15, -0.1) is 11.3 Å². The number of rotatable bonds is 5. The summed E-state index contributed by atoms with van der Waals surface area (Å²) in [7, 11) is 0. The zero-order valence-electron chi connectivity index (χ0n) is 7.71. The number of aromatic nitrogens is 1. The van der Waals surface area contributed by atoms with Crippen molar-refractivity contribution in [3.05, 3.63) is 16.6 Å². The largest absolute Gasteiger partial charge is 0.308 e. The molecule has 1 N–H and O–H groups in total. The van der Waals surface area contributed by atoms with E-state index in [9.17, 15) is 0 Å². The van der Waals surface area contributed by atoms with Crippen LogP contribution in [-0.2, 0) is 0 Å². The molecule has 1 aromatic heterocycles. The van der Waals surface area contributed by atoms with E-state index in [1.165, 1.54) is 17.8 Å². The first-order chi connectivity index (χ1) is 5.84. The SMILES string of the molecule is CCCCN[C@H](C)c1nccs1. The highest BCUT2D eigenvalue weighted by Gasteiger charge is 2.05. The van der Waals surface area contributed by atoms with Gasteiger partial charge in [0, 0.05) is 11.6 Å². The molecule has 0 spiro atoms. The molecule has 0 amide bonds. The Morgan fingerprint density at radius 2 is 2.50 bits per heavy atom. The Hall–Kier alpha value is -0.410. The molecule has 0 saturated carbocycles. The minimum Gasteiger partial charge on any atom is -0.308 e. The molecule has 0 saturated heterocycles. The minimum absolute atomic E-state index is 0.413. The predicted molar refractivity (Wildman–Crippen MR) is 53.4 cm³/mol. The zero-order valence-corrected chi connectivity index (χ0v) is 8.53. The van der Waals surface area contributed by atoms with Gasteiger partial charge in [-0.05, 0) is 19.9 Å². The summed E-state index contributed by atoms with van der Waals surface area (Å²) in [5.74, 6) is 0. The maximum atomic E-state index is 4.25. The van der Waals surface area contributed by atoms with E-state index < -0.39 is 0 Å². The molecule has 0 unspecified atom stereocenters. The Kier molecular flexibility index (Phi) is 4.25. The van der Waals surface area contributed by atoms with E-state index in [2.05, 4.69) is 24.1 Å². The molecule has 2 nitrogen and oxygen atoms in total. The average molecular weight is 184 g/mol. The van der Waals surface area contributed by atoms with Gasteiger partial charge in [-0.3, -0.25) is 0 Å². The molecule has 1 heterocycles. The number of nitrogens with zero attached hydrogens (tertiary/aromatic N) is 1.